The zero-order valence-electron chi connectivity index (χ0n) is 20.3. The third-order valence-electron chi connectivity index (χ3n) is 7.43. The molecular formula is C26H35NO7. The number of esters is 2. The molecule has 6 bridgehead atoms. The van der Waals surface area contributed by atoms with Crippen LogP contribution in [0.4, 0.5) is 0 Å². The van der Waals surface area contributed by atoms with Crippen LogP contribution in [0.2, 0.25) is 0 Å². The largest absolute Gasteiger partial charge is 0.493 e. The van der Waals surface area contributed by atoms with Crippen LogP contribution in [0.15, 0.2) is 24.0 Å². The van der Waals surface area contributed by atoms with Gasteiger partial charge in [0, 0.05) is 12.0 Å². The summed E-state index contributed by atoms with van der Waals surface area (Å²) in [6, 6.07) is 3.14. The van der Waals surface area contributed by atoms with Gasteiger partial charge in [-0.1, -0.05) is 19.4 Å². The van der Waals surface area contributed by atoms with E-state index in [1.54, 1.807) is 13.2 Å². The fourth-order valence-corrected chi connectivity index (χ4v) is 5.46. The molecule has 6 atom stereocenters. The first-order valence-corrected chi connectivity index (χ1v) is 12.1. The molecule has 34 heavy (non-hydrogen) atoms. The molecule has 0 radical (unpaired) electrons. The van der Waals surface area contributed by atoms with Crippen molar-refractivity contribution in [3.05, 3.63) is 35.1 Å². The van der Waals surface area contributed by atoms with Crippen molar-refractivity contribution >= 4 is 11.9 Å². The standard InChI is InChI=1S/C26H35NO7/c1-14-6-5-7-18-17-8-9-21(31-4)23(18)33-22-13-26(30,19(14)12-17)11-10-20(22)34-25(29)16(3)32-24(28)15(2)27/h8-10,14-16,19,22,30H,5-7,11-13,27H2,1-4H3/t14?,15-,16-,19-,22+,26-/m0/s1. The van der Waals surface area contributed by atoms with Crippen molar-refractivity contribution in [3.8, 4) is 11.5 Å². The fraction of sp³-hybridized carbons (Fsp3) is 0.615. The van der Waals surface area contributed by atoms with Gasteiger partial charge in [-0.25, -0.2) is 4.79 Å². The molecular weight excluding hydrogens is 438 g/mol. The number of rotatable bonds is 5. The predicted molar refractivity (Wildman–Crippen MR) is 124 cm³/mol. The van der Waals surface area contributed by atoms with Crippen molar-refractivity contribution in [2.24, 2.45) is 17.6 Å². The van der Waals surface area contributed by atoms with Crippen LogP contribution in [-0.2, 0) is 31.9 Å². The van der Waals surface area contributed by atoms with Crippen LogP contribution in [0, 0.1) is 11.8 Å². The smallest absolute Gasteiger partial charge is 0.352 e. The average molecular weight is 474 g/mol. The Morgan fingerprint density at radius 1 is 1.26 bits per heavy atom. The van der Waals surface area contributed by atoms with E-state index in [0.717, 1.165) is 31.2 Å². The molecule has 0 saturated heterocycles. The molecule has 186 valence electrons. The predicted octanol–water partition coefficient (Wildman–Crippen LogP) is 2.82. The topological polar surface area (TPSA) is 117 Å². The summed E-state index contributed by atoms with van der Waals surface area (Å²) in [5, 5.41) is 11.8. The lowest BCUT2D eigenvalue weighted by molar-refractivity contribution is -0.166. The number of hydrogen-bond donors (Lipinski definition) is 2. The summed E-state index contributed by atoms with van der Waals surface area (Å²) in [6.07, 6.45) is 4.18. The van der Waals surface area contributed by atoms with Crippen molar-refractivity contribution in [3.63, 3.8) is 0 Å². The van der Waals surface area contributed by atoms with Gasteiger partial charge in [0.1, 0.15) is 11.8 Å². The van der Waals surface area contributed by atoms with E-state index in [-0.39, 0.29) is 12.3 Å². The first kappa shape index (κ1) is 24.5. The average Bonchev–Trinajstić information content (AvgIpc) is 2.79. The lowest BCUT2D eigenvalue weighted by Gasteiger charge is -2.43. The normalized spacial score (nSPS) is 29.6. The zero-order chi connectivity index (χ0) is 24.6. The minimum Gasteiger partial charge on any atom is -0.493 e. The molecule has 0 saturated carbocycles. The van der Waals surface area contributed by atoms with E-state index < -0.39 is 35.8 Å². The van der Waals surface area contributed by atoms with Crippen LogP contribution in [-0.4, -0.2) is 48.0 Å². The number of carbonyl (C=O) groups is 2. The number of fused-ring (bicyclic) bond motifs is 4. The van der Waals surface area contributed by atoms with Crippen molar-refractivity contribution in [1.82, 2.24) is 0 Å². The van der Waals surface area contributed by atoms with Gasteiger partial charge in [0.15, 0.2) is 23.7 Å². The summed E-state index contributed by atoms with van der Waals surface area (Å²) in [7, 11) is 1.60. The lowest BCUT2D eigenvalue weighted by atomic mass is 9.67. The molecule has 0 aromatic heterocycles. The second-order valence-corrected chi connectivity index (χ2v) is 9.93. The van der Waals surface area contributed by atoms with Crippen LogP contribution in [0.1, 0.15) is 57.6 Å². The van der Waals surface area contributed by atoms with Gasteiger partial charge in [0.25, 0.3) is 0 Å². The van der Waals surface area contributed by atoms with Crippen LogP contribution in [0.3, 0.4) is 0 Å². The molecule has 1 aromatic carbocycles. The van der Waals surface area contributed by atoms with Crippen molar-refractivity contribution in [2.45, 2.75) is 83.1 Å². The Morgan fingerprint density at radius 2 is 2.03 bits per heavy atom. The number of benzene rings is 1. The molecule has 8 heteroatoms. The van der Waals surface area contributed by atoms with Crippen molar-refractivity contribution < 1.29 is 33.6 Å². The molecule has 1 aromatic rings. The van der Waals surface area contributed by atoms with E-state index >= 15 is 0 Å². The lowest BCUT2D eigenvalue weighted by Crippen LogP contribution is -2.48. The quantitative estimate of drug-likeness (QED) is 0.627. The summed E-state index contributed by atoms with van der Waals surface area (Å²) < 4.78 is 22.8. The van der Waals surface area contributed by atoms with Gasteiger partial charge in [-0.15, -0.1) is 0 Å². The monoisotopic (exact) mass is 473 g/mol. The Labute approximate surface area is 200 Å². The highest BCUT2D eigenvalue weighted by atomic mass is 16.6. The molecule has 0 fully saturated rings. The van der Waals surface area contributed by atoms with E-state index in [2.05, 4.69) is 13.0 Å². The summed E-state index contributed by atoms with van der Waals surface area (Å²) in [6.45, 7) is 5.13. The van der Waals surface area contributed by atoms with Gasteiger partial charge >= 0.3 is 11.9 Å². The van der Waals surface area contributed by atoms with Gasteiger partial charge in [0.05, 0.1) is 12.7 Å². The maximum Gasteiger partial charge on any atom is 0.352 e. The number of methoxy groups -OCH3 is 1. The second kappa shape index (κ2) is 9.58. The van der Waals surface area contributed by atoms with E-state index in [0.29, 0.717) is 29.6 Å². The molecule has 1 aliphatic heterocycles. The Balaban J connectivity index is 1.68. The number of ether oxygens (including phenoxy) is 4. The molecule has 1 heterocycles. The van der Waals surface area contributed by atoms with Gasteiger partial charge in [-0.3, -0.25) is 4.79 Å². The first-order chi connectivity index (χ1) is 16.1. The molecule has 0 spiro atoms. The van der Waals surface area contributed by atoms with E-state index in [1.165, 1.54) is 19.4 Å². The fourth-order valence-electron chi connectivity index (χ4n) is 5.46. The van der Waals surface area contributed by atoms with Gasteiger partial charge in [-0.2, -0.15) is 0 Å². The zero-order valence-corrected chi connectivity index (χ0v) is 20.3. The molecule has 1 unspecified atom stereocenters. The maximum absolute atomic E-state index is 12.7. The van der Waals surface area contributed by atoms with Crippen molar-refractivity contribution in [1.29, 1.82) is 0 Å². The van der Waals surface area contributed by atoms with Crippen LogP contribution < -0.4 is 15.2 Å². The molecule has 4 rings (SSSR count). The highest BCUT2D eigenvalue weighted by molar-refractivity contribution is 5.81. The molecule has 2 aliphatic carbocycles. The summed E-state index contributed by atoms with van der Waals surface area (Å²) >= 11 is 0. The minimum atomic E-state index is -1.13. The molecule has 3 aliphatic rings. The van der Waals surface area contributed by atoms with Crippen LogP contribution in [0.5, 0.6) is 11.5 Å². The Morgan fingerprint density at radius 3 is 2.74 bits per heavy atom. The van der Waals surface area contributed by atoms with E-state index in [4.69, 9.17) is 24.7 Å². The van der Waals surface area contributed by atoms with E-state index in [9.17, 15) is 14.7 Å². The van der Waals surface area contributed by atoms with Crippen molar-refractivity contribution in [2.75, 3.05) is 7.11 Å². The summed E-state index contributed by atoms with van der Waals surface area (Å²) in [4.78, 5) is 24.5. The molecule has 0 amide bonds. The van der Waals surface area contributed by atoms with Gasteiger partial charge in [0.2, 0.25) is 0 Å². The highest BCUT2D eigenvalue weighted by Crippen LogP contribution is 2.48. The van der Waals surface area contributed by atoms with Gasteiger partial charge in [-0.05, 0) is 69.1 Å². The Kier molecular flexibility index (Phi) is 6.92. The van der Waals surface area contributed by atoms with E-state index in [1.807, 2.05) is 6.07 Å². The minimum absolute atomic E-state index is 0.0383. The third kappa shape index (κ3) is 4.66. The molecule has 8 nitrogen and oxygen atoms in total. The SMILES string of the molecule is COc1ccc2c3c1O[C@@H]1C[C@@](O)(CC=C1OC(=O)[C@H](C)OC(=O)[C@H](C)N)[C@@H](C2)C(C)CCC3. The Hall–Kier alpha value is -2.58. The first-order valence-electron chi connectivity index (χ1n) is 12.1. The third-order valence-corrected chi connectivity index (χ3v) is 7.43. The number of hydrogen-bond acceptors (Lipinski definition) is 8. The number of nitrogens with two attached hydrogens (primary N) is 1. The van der Waals surface area contributed by atoms with Crippen LogP contribution >= 0.6 is 0 Å². The second-order valence-electron chi connectivity index (χ2n) is 9.93. The maximum atomic E-state index is 12.7. The van der Waals surface area contributed by atoms with Crippen LogP contribution in [0.25, 0.3) is 0 Å². The number of aliphatic hydroxyl groups is 1. The van der Waals surface area contributed by atoms with Gasteiger partial charge < -0.3 is 29.8 Å². The summed E-state index contributed by atoms with van der Waals surface area (Å²) in [5.74, 6) is 0.534. The Bertz CT molecular complexity index is 988. The number of carbonyl (C=O) groups excluding carboxylic acids is 2. The molecule has 3 N–H and O–H groups in total. The summed E-state index contributed by atoms with van der Waals surface area (Å²) in [5.41, 5.74) is 6.79. The highest BCUT2D eigenvalue weighted by Gasteiger charge is 2.47.